The Bertz CT molecular complexity index is 364. The molecule has 1 rings (SSSR count). The third-order valence-electron chi connectivity index (χ3n) is 2.22. The second kappa shape index (κ2) is 6.51. The van der Waals surface area contributed by atoms with E-state index in [0.717, 1.165) is 12.8 Å². The Morgan fingerprint density at radius 2 is 2.35 bits per heavy atom. The number of carbonyl (C=O) groups excluding carboxylic acids is 1. The van der Waals surface area contributed by atoms with Crippen LogP contribution in [0.2, 0.25) is 0 Å². The van der Waals surface area contributed by atoms with Crippen molar-refractivity contribution in [3.63, 3.8) is 0 Å². The van der Waals surface area contributed by atoms with Gasteiger partial charge in [0.05, 0.1) is 6.20 Å². The summed E-state index contributed by atoms with van der Waals surface area (Å²) in [7, 11) is 0. The highest BCUT2D eigenvalue weighted by Crippen LogP contribution is 2.05. The normalized spacial score (nSPS) is 11.8. The Morgan fingerprint density at radius 3 is 2.88 bits per heavy atom. The SMILES string of the molecule is CCCCC(NC(=O)O)C(=O)Nc1ccn[nH]1. The molecule has 7 heteroatoms. The lowest BCUT2D eigenvalue weighted by atomic mass is 10.1. The quantitative estimate of drug-likeness (QED) is 0.598. The first-order valence-electron chi connectivity index (χ1n) is 5.43. The molecule has 1 heterocycles. The van der Waals surface area contributed by atoms with Crippen molar-refractivity contribution in [2.45, 2.75) is 32.2 Å². The number of nitrogens with one attached hydrogen (secondary N) is 3. The molecule has 7 nitrogen and oxygen atoms in total. The molecule has 0 aliphatic carbocycles. The van der Waals surface area contributed by atoms with Crippen LogP contribution in [0.25, 0.3) is 0 Å². The highest BCUT2D eigenvalue weighted by atomic mass is 16.4. The fourth-order valence-corrected chi connectivity index (χ4v) is 1.37. The fraction of sp³-hybridized carbons (Fsp3) is 0.500. The molecule has 0 aliphatic rings. The van der Waals surface area contributed by atoms with Gasteiger partial charge in [-0.3, -0.25) is 9.89 Å². The highest BCUT2D eigenvalue weighted by molar-refractivity contribution is 5.95. The van der Waals surface area contributed by atoms with Crippen LogP contribution in [0.5, 0.6) is 0 Å². The van der Waals surface area contributed by atoms with Crippen LogP contribution in [-0.4, -0.2) is 33.3 Å². The topological polar surface area (TPSA) is 107 Å². The van der Waals surface area contributed by atoms with Gasteiger partial charge in [-0.25, -0.2) is 4.79 Å². The van der Waals surface area contributed by atoms with Crippen LogP contribution in [0, 0.1) is 0 Å². The molecule has 0 fully saturated rings. The first-order valence-corrected chi connectivity index (χ1v) is 5.43. The number of amides is 2. The van der Waals surface area contributed by atoms with E-state index < -0.39 is 12.1 Å². The van der Waals surface area contributed by atoms with Crippen molar-refractivity contribution >= 4 is 17.8 Å². The second-order valence-corrected chi connectivity index (χ2v) is 3.60. The molecule has 4 N–H and O–H groups in total. The van der Waals surface area contributed by atoms with Crippen molar-refractivity contribution in [2.75, 3.05) is 5.32 Å². The van der Waals surface area contributed by atoms with E-state index in [2.05, 4.69) is 20.8 Å². The van der Waals surface area contributed by atoms with Crippen molar-refractivity contribution < 1.29 is 14.7 Å². The van der Waals surface area contributed by atoms with E-state index in [9.17, 15) is 9.59 Å². The molecule has 0 bridgehead atoms. The Labute approximate surface area is 98.6 Å². The molecule has 0 saturated heterocycles. The molecular weight excluding hydrogens is 224 g/mol. The fourth-order valence-electron chi connectivity index (χ4n) is 1.37. The zero-order valence-corrected chi connectivity index (χ0v) is 9.56. The second-order valence-electron chi connectivity index (χ2n) is 3.60. The Balaban J connectivity index is 2.55. The lowest BCUT2D eigenvalue weighted by Gasteiger charge is -2.15. The summed E-state index contributed by atoms with van der Waals surface area (Å²) in [5.41, 5.74) is 0. The molecule has 94 valence electrons. The van der Waals surface area contributed by atoms with E-state index in [1.54, 1.807) is 6.07 Å². The summed E-state index contributed by atoms with van der Waals surface area (Å²) in [5, 5.41) is 19.7. The molecule has 0 aliphatic heterocycles. The molecular formula is C10H16N4O3. The number of unbranched alkanes of at least 4 members (excludes halogenated alkanes) is 1. The summed E-state index contributed by atoms with van der Waals surface area (Å²) in [6, 6.07) is 0.853. The van der Waals surface area contributed by atoms with Gasteiger partial charge < -0.3 is 15.7 Å². The molecule has 0 radical (unpaired) electrons. The van der Waals surface area contributed by atoms with Crippen LogP contribution in [0.4, 0.5) is 10.6 Å². The summed E-state index contributed by atoms with van der Waals surface area (Å²) in [6.45, 7) is 1.98. The predicted octanol–water partition coefficient (Wildman–Crippen LogP) is 1.17. The smallest absolute Gasteiger partial charge is 0.405 e. The number of aromatic amines is 1. The number of hydrogen-bond acceptors (Lipinski definition) is 3. The van der Waals surface area contributed by atoms with E-state index in [-0.39, 0.29) is 5.91 Å². The number of nitrogens with zero attached hydrogens (tertiary/aromatic N) is 1. The first-order chi connectivity index (χ1) is 8.13. The molecule has 17 heavy (non-hydrogen) atoms. The number of anilines is 1. The molecule has 1 atom stereocenters. The Hall–Kier alpha value is -2.05. The Morgan fingerprint density at radius 1 is 1.59 bits per heavy atom. The molecule has 2 amide bonds. The van der Waals surface area contributed by atoms with Crippen LogP contribution >= 0.6 is 0 Å². The molecule has 1 aromatic heterocycles. The average Bonchev–Trinajstić information content (AvgIpc) is 2.76. The lowest BCUT2D eigenvalue weighted by Crippen LogP contribution is -2.43. The van der Waals surface area contributed by atoms with Gasteiger partial charge in [-0.05, 0) is 6.42 Å². The van der Waals surface area contributed by atoms with Crippen LogP contribution in [-0.2, 0) is 4.79 Å². The van der Waals surface area contributed by atoms with Gasteiger partial charge in [0, 0.05) is 6.07 Å². The summed E-state index contributed by atoms with van der Waals surface area (Å²) < 4.78 is 0. The van der Waals surface area contributed by atoms with Crippen molar-refractivity contribution in [3.8, 4) is 0 Å². The van der Waals surface area contributed by atoms with E-state index in [1.807, 2.05) is 6.92 Å². The number of rotatable bonds is 6. The standard InChI is InChI=1S/C10H16N4O3/c1-2-3-4-7(12-10(16)17)9(15)13-8-5-6-11-14-8/h5-7,12H,2-4H2,1H3,(H,16,17)(H2,11,13,14,15). The van der Waals surface area contributed by atoms with Crippen LogP contribution in [0.1, 0.15) is 26.2 Å². The van der Waals surface area contributed by atoms with E-state index in [4.69, 9.17) is 5.11 Å². The Kier molecular flexibility index (Phi) is 4.99. The number of carboxylic acid groups (broad SMARTS) is 1. The zero-order chi connectivity index (χ0) is 12.7. The summed E-state index contributed by atoms with van der Waals surface area (Å²) in [6.07, 6.45) is 2.45. The minimum Gasteiger partial charge on any atom is -0.465 e. The van der Waals surface area contributed by atoms with Crippen molar-refractivity contribution in [1.82, 2.24) is 15.5 Å². The molecule has 1 unspecified atom stereocenters. The maximum absolute atomic E-state index is 11.8. The maximum Gasteiger partial charge on any atom is 0.405 e. The largest absolute Gasteiger partial charge is 0.465 e. The number of aromatic nitrogens is 2. The number of carbonyl (C=O) groups is 2. The van der Waals surface area contributed by atoms with Crippen LogP contribution < -0.4 is 10.6 Å². The third kappa shape index (κ3) is 4.54. The van der Waals surface area contributed by atoms with Gasteiger partial charge in [0.25, 0.3) is 0 Å². The summed E-state index contributed by atoms with van der Waals surface area (Å²) in [4.78, 5) is 22.3. The van der Waals surface area contributed by atoms with Gasteiger partial charge >= 0.3 is 6.09 Å². The zero-order valence-electron chi connectivity index (χ0n) is 9.56. The van der Waals surface area contributed by atoms with Crippen LogP contribution in [0.3, 0.4) is 0 Å². The minimum atomic E-state index is -1.20. The predicted molar refractivity (Wildman–Crippen MR) is 61.7 cm³/mol. The van der Waals surface area contributed by atoms with E-state index >= 15 is 0 Å². The van der Waals surface area contributed by atoms with Crippen molar-refractivity contribution in [3.05, 3.63) is 12.3 Å². The first kappa shape index (κ1) is 13.0. The highest BCUT2D eigenvalue weighted by Gasteiger charge is 2.20. The van der Waals surface area contributed by atoms with Gasteiger partial charge in [-0.1, -0.05) is 19.8 Å². The molecule has 0 saturated carbocycles. The monoisotopic (exact) mass is 240 g/mol. The molecule has 0 aromatic carbocycles. The lowest BCUT2D eigenvalue weighted by molar-refractivity contribution is -0.118. The summed E-state index contributed by atoms with van der Waals surface area (Å²) >= 11 is 0. The average molecular weight is 240 g/mol. The van der Waals surface area contributed by atoms with E-state index in [1.165, 1.54) is 6.20 Å². The van der Waals surface area contributed by atoms with Gasteiger partial charge in [0.2, 0.25) is 5.91 Å². The van der Waals surface area contributed by atoms with Gasteiger partial charge in [-0.15, -0.1) is 0 Å². The van der Waals surface area contributed by atoms with Crippen molar-refractivity contribution in [1.29, 1.82) is 0 Å². The number of H-pyrrole nitrogens is 1. The number of hydrogen-bond donors (Lipinski definition) is 4. The third-order valence-corrected chi connectivity index (χ3v) is 2.22. The van der Waals surface area contributed by atoms with Gasteiger partial charge in [-0.2, -0.15) is 5.10 Å². The van der Waals surface area contributed by atoms with E-state index in [0.29, 0.717) is 12.2 Å². The molecule has 0 spiro atoms. The summed E-state index contributed by atoms with van der Waals surface area (Å²) in [5.74, 6) is 0.0637. The minimum absolute atomic E-state index is 0.384. The van der Waals surface area contributed by atoms with Gasteiger partial charge in [0.15, 0.2) is 0 Å². The van der Waals surface area contributed by atoms with Crippen LogP contribution in [0.15, 0.2) is 12.3 Å². The van der Waals surface area contributed by atoms with Gasteiger partial charge in [0.1, 0.15) is 11.9 Å². The molecule has 1 aromatic rings. The van der Waals surface area contributed by atoms with Crippen molar-refractivity contribution in [2.24, 2.45) is 0 Å². The maximum atomic E-state index is 11.8.